The van der Waals surface area contributed by atoms with Gasteiger partial charge in [-0.3, -0.25) is 9.59 Å². The van der Waals surface area contributed by atoms with E-state index in [2.05, 4.69) is 0 Å². The van der Waals surface area contributed by atoms with E-state index in [0.29, 0.717) is 16.3 Å². The first kappa shape index (κ1) is 9.67. The smallest absolute Gasteiger partial charge is 0.260 e. The number of rotatable bonds is 3. The van der Waals surface area contributed by atoms with Crippen molar-refractivity contribution < 1.29 is 9.59 Å². The maximum absolute atomic E-state index is 11.1. The number of primary amides is 1. The summed E-state index contributed by atoms with van der Waals surface area (Å²) in [5, 5.41) is 1.77. The number of thiophene rings is 1. The van der Waals surface area contributed by atoms with Crippen LogP contribution in [0.2, 0.25) is 0 Å². The molecular weight excluding hydrogens is 212 g/mol. The van der Waals surface area contributed by atoms with Gasteiger partial charge in [-0.05, 0) is 23.6 Å². The van der Waals surface area contributed by atoms with Crippen LogP contribution >= 0.6 is 11.3 Å². The van der Waals surface area contributed by atoms with Crippen molar-refractivity contribution in [2.24, 2.45) is 5.73 Å². The number of hydrogen-bond acceptors (Lipinski definition) is 3. The Hall–Kier alpha value is -1.88. The van der Waals surface area contributed by atoms with E-state index < -0.39 is 5.91 Å². The maximum Gasteiger partial charge on any atom is 0.260 e. The molecule has 15 heavy (non-hydrogen) atoms. The minimum absolute atomic E-state index is 0.453. The predicted molar refractivity (Wildman–Crippen MR) is 57.6 cm³/mol. The molecule has 0 aliphatic rings. The average Bonchev–Trinajstić information content (AvgIpc) is 2.85. The molecule has 2 heterocycles. The standard InChI is InChI=1S/C10H8N2O2S/c11-10(14)9-8(3-5-15-9)12-4-1-2-7(12)6-13/h1-6H,(H2,11,14). The Morgan fingerprint density at radius 2 is 2.27 bits per heavy atom. The summed E-state index contributed by atoms with van der Waals surface area (Å²) < 4.78 is 1.64. The second-order valence-electron chi connectivity index (χ2n) is 2.92. The van der Waals surface area contributed by atoms with E-state index in [0.717, 1.165) is 6.29 Å². The fraction of sp³-hybridized carbons (Fsp3) is 0. The van der Waals surface area contributed by atoms with Crippen LogP contribution in [0.1, 0.15) is 20.2 Å². The Kier molecular flexibility index (Phi) is 2.39. The SMILES string of the molecule is NC(=O)c1sccc1-n1cccc1C=O. The molecule has 0 saturated heterocycles. The van der Waals surface area contributed by atoms with Gasteiger partial charge in [-0.25, -0.2) is 0 Å². The van der Waals surface area contributed by atoms with Gasteiger partial charge in [0.05, 0.1) is 11.4 Å². The number of carbonyl (C=O) groups excluding carboxylic acids is 2. The van der Waals surface area contributed by atoms with E-state index in [9.17, 15) is 9.59 Å². The van der Waals surface area contributed by atoms with Crippen LogP contribution in [0.5, 0.6) is 0 Å². The van der Waals surface area contributed by atoms with Crippen molar-refractivity contribution in [1.29, 1.82) is 0 Å². The van der Waals surface area contributed by atoms with Crippen LogP contribution in [-0.2, 0) is 0 Å². The fourth-order valence-corrected chi connectivity index (χ4v) is 2.12. The molecule has 0 saturated carbocycles. The molecule has 0 aliphatic carbocycles. The predicted octanol–water partition coefficient (Wildman–Crippen LogP) is 1.45. The molecule has 0 fully saturated rings. The minimum atomic E-state index is -0.481. The van der Waals surface area contributed by atoms with Crippen LogP contribution < -0.4 is 5.73 Å². The number of hydrogen-bond donors (Lipinski definition) is 1. The molecule has 0 spiro atoms. The topological polar surface area (TPSA) is 65.1 Å². The molecule has 2 aromatic rings. The van der Waals surface area contributed by atoms with Gasteiger partial charge in [0.15, 0.2) is 6.29 Å². The van der Waals surface area contributed by atoms with Gasteiger partial charge in [-0.2, -0.15) is 0 Å². The average molecular weight is 220 g/mol. The molecule has 0 unspecified atom stereocenters. The van der Waals surface area contributed by atoms with Gasteiger partial charge in [-0.1, -0.05) is 0 Å². The summed E-state index contributed by atoms with van der Waals surface area (Å²) in [6.07, 6.45) is 2.46. The van der Waals surface area contributed by atoms with Crippen molar-refractivity contribution in [1.82, 2.24) is 4.57 Å². The third kappa shape index (κ3) is 1.57. The molecule has 5 heteroatoms. The van der Waals surface area contributed by atoms with Gasteiger partial charge in [0.25, 0.3) is 5.91 Å². The van der Waals surface area contributed by atoms with E-state index in [-0.39, 0.29) is 0 Å². The lowest BCUT2D eigenvalue weighted by Gasteiger charge is -2.03. The Bertz CT molecular complexity index is 513. The first-order chi connectivity index (χ1) is 7.24. The normalized spacial score (nSPS) is 10.1. The Morgan fingerprint density at radius 3 is 2.93 bits per heavy atom. The zero-order valence-electron chi connectivity index (χ0n) is 7.71. The van der Waals surface area contributed by atoms with Gasteiger partial charge in [-0.15, -0.1) is 11.3 Å². The summed E-state index contributed by atoms with van der Waals surface area (Å²) in [5.41, 5.74) is 6.38. The Balaban J connectivity index is 2.58. The number of aromatic nitrogens is 1. The molecule has 1 amide bonds. The van der Waals surface area contributed by atoms with Crippen LogP contribution in [0, 0.1) is 0 Å². The molecule has 0 bridgehead atoms. The molecule has 0 aromatic carbocycles. The number of nitrogens with two attached hydrogens (primary N) is 1. The van der Waals surface area contributed by atoms with E-state index >= 15 is 0 Å². The first-order valence-electron chi connectivity index (χ1n) is 4.24. The molecule has 2 N–H and O–H groups in total. The van der Waals surface area contributed by atoms with E-state index in [1.807, 2.05) is 0 Å². The molecule has 0 atom stereocenters. The highest BCUT2D eigenvalue weighted by Crippen LogP contribution is 2.21. The molecule has 2 aromatic heterocycles. The zero-order valence-corrected chi connectivity index (χ0v) is 8.53. The molecular formula is C10H8N2O2S. The quantitative estimate of drug-likeness (QED) is 0.795. The van der Waals surface area contributed by atoms with Gasteiger partial charge >= 0.3 is 0 Å². The zero-order chi connectivity index (χ0) is 10.8. The summed E-state index contributed by atoms with van der Waals surface area (Å²) in [7, 11) is 0. The van der Waals surface area contributed by atoms with Crippen LogP contribution in [0.3, 0.4) is 0 Å². The summed E-state index contributed by atoms with van der Waals surface area (Å²) >= 11 is 1.26. The highest BCUT2D eigenvalue weighted by Gasteiger charge is 2.12. The number of aldehydes is 1. The van der Waals surface area contributed by atoms with Crippen molar-refractivity contribution in [3.8, 4) is 5.69 Å². The number of carbonyl (C=O) groups is 2. The minimum Gasteiger partial charge on any atom is -0.365 e. The number of nitrogens with zero attached hydrogens (tertiary/aromatic N) is 1. The molecule has 0 aliphatic heterocycles. The Labute approximate surface area is 89.9 Å². The Morgan fingerprint density at radius 1 is 1.47 bits per heavy atom. The molecule has 4 nitrogen and oxygen atoms in total. The van der Waals surface area contributed by atoms with Gasteiger partial charge in [0, 0.05) is 6.20 Å². The van der Waals surface area contributed by atoms with Crippen LogP contribution in [0.15, 0.2) is 29.8 Å². The summed E-state index contributed by atoms with van der Waals surface area (Å²) in [6.45, 7) is 0. The second-order valence-corrected chi connectivity index (χ2v) is 3.84. The lowest BCUT2D eigenvalue weighted by atomic mass is 10.3. The summed E-state index contributed by atoms with van der Waals surface area (Å²) in [4.78, 5) is 22.3. The third-order valence-corrected chi connectivity index (χ3v) is 2.95. The molecule has 76 valence electrons. The van der Waals surface area contributed by atoms with Gasteiger partial charge in [0.1, 0.15) is 4.88 Å². The molecule has 0 radical (unpaired) electrons. The highest BCUT2D eigenvalue weighted by molar-refractivity contribution is 7.12. The molecule has 2 rings (SSSR count). The van der Waals surface area contributed by atoms with Gasteiger partial charge in [0.2, 0.25) is 0 Å². The largest absolute Gasteiger partial charge is 0.365 e. The van der Waals surface area contributed by atoms with E-state index in [1.165, 1.54) is 11.3 Å². The van der Waals surface area contributed by atoms with E-state index in [4.69, 9.17) is 5.73 Å². The third-order valence-electron chi connectivity index (χ3n) is 2.03. The lowest BCUT2D eigenvalue weighted by Crippen LogP contribution is -2.12. The van der Waals surface area contributed by atoms with Crippen LogP contribution in [-0.4, -0.2) is 16.8 Å². The monoisotopic (exact) mass is 220 g/mol. The van der Waals surface area contributed by atoms with E-state index in [1.54, 1.807) is 34.3 Å². The van der Waals surface area contributed by atoms with Crippen molar-refractivity contribution in [2.75, 3.05) is 0 Å². The van der Waals surface area contributed by atoms with Crippen molar-refractivity contribution >= 4 is 23.5 Å². The fourth-order valence-electron chi connectivity index (χ4n) is 1.39. The first-order valence-corrected chi connectivity index (χ1v) is 5.12. The van der Waals surface area contributed by atoms with Crippen LogP contribution in [0.25, 0.3) is 5.69 Å². The van der Waals surface area contributed by atoms with Crippen LogP contribution in [0.4, 0.5) is 0 Å². The highest BCUT2D eigenvalue weighted by atomic mass is 32.1. The lowest BCUT2D eigenvalue weighted by molar-refractivity contribution is 0.100. The van der Waals surface area contributed by atoms with Gasteiger partial charge < -0.3 is 10.3 Å². The second kappa shape index (κ2) is 3.70. The van der Waals surface area contributed by atoms with Crippen molar-refractivity contribution in [3.63, 3.8) is 0 Å². The number of amides is 1. The summed E-state index contributed by atoms with van der Waals surface area (Å²) in [5.74, 6) is -0.481. The van der Waals surface area contributed by atoms with Crippen molar-refractivity contribution in [3.05, 3.63) is 40.3 Å². The summed E-state index contributed by atoms with van der Waals surface area (Å²) in [6, 6.07) is 5.18. The van der Waals surface area contributed by atoms with Crippen molar-refractivity contribution in [2.45, 2.75) is 0 Å². The maximum atomic E-state index is 11.1.